The second kappa shape index (κ2) is 5.18. The molecule has 1 heterocycles. The number of benzene rings is 2. The van der Waals surface area contributed by atoms with Gasteiger partial charge in [-0.15, -0.1) is 0 Å². The van der Waals surface area contributed by atoms with Crippen molar-refractivity contribution >= 4 is 11.0 Å². The van der Waals surface area contributed by atoms with Gasteiger partial charge in [0, 0.05) is 17.7 Å². The lowest BCUT2D eigenvalue weighted by atomic mass is 10.1. The maximum absolute atomic E-state index is 12.0. The average Bonchev–Trinajstić information content (AvgIpc) is 2.45. The number of phenols is 3. The maximum Gasteiger partial charge on any atom is 0.201 e. The molecule has 0 radical (unpaired) electrons. The van der Waals surface area contributed by atoms with Gasteiger partial charge in [-0.3, -0.25) is 4.79 Å². The second-order valence-corrected chi connectivity index (χ2v) is 4.31. The second-order valence-electron chi connectivity index (χ2n) is 4.31. The zero-order valence-electron chi connectivity index (χ0n) is 10.7. The molecule has 2 aromatic carbocycles. The number of hydrogen-bond donors (Lipinski definition) is 3. The topological polar surface area (TPSA) is 122 Å². The predicted octanol–water partition coefficient (Wildman–Crippen LogP) is 1.75. The summed E-state index contributed by atoms with van der Waals surface area (Å²) < 4.78 is 5.51. The Labute approximate surface area is 118 Å². The lowest BCUT2D eigenvalue weighted by Crippen LogP contribution is -2.00. The summed E-state index contributed by atoms with van der Waals surface area (Å²) in [6.45, 7) is 0. The van der Waals surface area contributed by atoms with Gasteiger partial charge in [0.05, 0.1) is 0 Å². The van der Waals surface area contributed by atoms with Crippen LogP contribution in [0.25, 0.3) is 22.3 Å². The molecule has 6 nitrogen and oxygen atoms in total. The first kappa shape index (κ1) is 14.4. The molecule has 5 N–H and O–H groups in total. The number of rotatable bonds is 1. The van der Waals surface area contributed by atoms with Crippen molar-refractivity contribution in [2.75, 3.05) is 0 Å². The van der Waals surface area contributed by atoms with Gasteiger partial charge in [-0.05, 0) is 0 Å². The van der Waals surface area contributed by atoms with E-state index in [-0.39, 0.29) is 16.4 Å². The summed E-state index contributed by atoms with van der Waals surface area (Å²) in [5.74, 6) is -1.67. The zero-order valence-corrected chi connectivity index (χ0v) is 10.7. The van der Waals surface area contributed by atoms with E-state index in [0.717, 1.165) is 6.07 Å². The van der Waals surface area contributed by atoms with Crippen LogP contribution in [0, 0.1) is 0 Å². The van der Waals surface area contributed by atoms with Crippen molar-refractivity contribution in [1.29, 1.82) is 0 Å². The smallest absolute Gasteiger partial charge is 0.201 e. The quantitative estimate of drug-likeness (QED) is 0.589. The summed E-state index contributed by atoms with van der Waals surface area (Å²) in [6, 6.07) is 11.3. The average molecular weight is 288 g/mol. The van der Waals surface area contributed by atoms with Gasteiger partial charge >= 0.3 is 0 Å². The van der Waals surface area contributed by atoms with Crippen LogP contribution in [0.2, 0.25) is 0 Å². The molecule has 108 valence electrons. The van der Waals surface area contributed by atoms with Crippen LogP contribution < -0.4 is 5.43 Å². The van der Waals surface area contributed by atoms with Crippen LogP contribution in [0.5, 0.6) is 17.2 Å². The van der Waals surface area contributed by atoms with E-state index in [1.165, 1.54) is 6.07 Å². The van der Waals surface area contributed by atoms with Crippen molar-refractivity contribution in [2.24, 2.45) is 0 Å². The molecule has 0 saturated heterocycles. The summed E-state index contributed by atoms with van der Waals surface area (Å²) in [5, 5.41) is 28.5. The van der Waals surface area contributed by atoms with E-state index in [4.69, 9.17) is 4.42 Å². The molecule has 0 unspecified atom stereocenters. The molecule has 1 aromatic heterocycles. The zero-order chi connectivity index (χ0) is 14.3. The highest BCUT2D eigenvalue weighted by atomic mass is 16.3. The summed E-state index contributed by atoms with van der Waals surface area (Å²) in [6.07, 6.45) is 0. The maximum atomic E-state index is 12.0. The number of aromatic hydroxyl groups is 3. The molecule has 3 aromatic rings. The first-order valence-corrected chi connectivity index (χ1v) is 5.85. The third kappa shape index (κ3) is 2.28. The lowest BCUT2D eigenvalue weighted by molar-refractivity contribution is 0.370. The minimum Gasteiger partial charge on any atom is -0.504 e. The summed E-state index contributed by atoms with van der Waals surface area (Å²) in [7, 11) is 0. The van der Waals surface area contributed by atoms with Crippen LogP contribution in [-0.2, 0) is 0 Å². The highest BCUT2D eigenvalue weighted by Crippen LogP contribution is 2.40. The molecule has 0 spiro atoms. The highest BCUT2D eigenvalue weighted by Gasteiger charge is 2.17. The van der Waals surface area contributed by atoms with E-state index < -0.39 is 22.7 Å². The molecule has 0 bridgehead atoms. The molecule has 0 amide bonds. The molecule has 0 fully saturated rings. The van der Waals surface area contributed by atoms with Crippen molar-refractivity contribution in [3.8, 4) is 28.6 Å². The normalized spacial score (nSPS) is 10.3. The van der Waals surface area contributed by atoms with E-state index in [9.17, 15) is 20.1 Å². The number of phenolic OH excluding ortho intramolecular Hbond substituents is 3. The van der Waals surface area contributed by atoms with E-state index in [0.29, 0.717) is 11.3 Å². The van der Waals surface area contributed by atoms with Gasteiger partial charge in [-0.1, -0.05) is 30.3 Å². The van der Waals surface area contributed by atoms with Gasteiger partial charge in [0.2, 0.25) is 5.75 Å². The van der Waals surface area contributed by atoms with E-state index >= 15 is 0 Å². The molecule has 3 rings (SSSR count). The Morgan fingerprint density at radius 1 is 0.905 bits per heavy atom. The Kier molecular flexibility index (Phi) is 3.56. The Balaban J connectivity index is 0.00000161. The van der Waals surface area contributed by atoms with Crippen LogP contribution in [0.4, 0.5) is 0 Å². The minimum atomic E-state index is -0.739. The van der Waals surface area contributed by atoms with Crippen molar-refractivity contribution in [3.05, 3.63) is 52.7 Å². The molecule has 0 aliphatic rings. The molecular weight excluding hydrogens is 276 g/mol. The first-order valence-electron chi connectivity index (χ1n) is 5.85. The van der Waals surface area contributed by atoms with E-state index in [1.807, 2.05) is 6.07 Å². The van der Waals surface area contributed by atoms with Gasteiger partial charge in [0.15, 0.2) is 16.9 Å². The van der Waals surface area contributed by atoms with Crippen LogP contribution in [0.3, 0.4) is 0 Å². The van der Waals surface area contributed by atoms with Crippen LogP contribution in [-0.4, -0.2) is 20.8 Å². The van der Waals surface area contributed by atoms with Crippen molar-refractivity contribution in [3.63, 3.8) is 0 Å². The number of hydrogen-bond acceptors (Lipinski definition) is 5. The van der Waals surface area contributed by atoms with E-state index in [1.54, 1.807) is 24.3 Å². The largest absolute Gasteiger partial charge is 0.504 e. The molecule has 6 heteroatoms. The van der Waals surface area contributed by atoms with Gasteiger partial charge in [-0.2, -0.15) is 0 Å². The molecule has 0 atom stereocenters. The van der Waals surface area contributed by atoms with Crippen LogP contribution in [0.1, 0.15) is 0 Å². The fraction of sp³-hybridized carbons (Fsp3) is 0. The monoisotopic (exact) mass is 288 g/mol. The number of fused-ring (bicyclic) bond motifs is 1. The summed E-state index contributed by atoms with van der Waals surface area (Å²) in [5.41, 5.74) is 0.195. The fourth-order valence-electron chi connectivity index (χ4n) is 2.02. The molecule has 0 aliphatic heterocycles. The fourth-order valence-corrected chi connectivity index (χ4v) is 2.02. The van der Waals surface area contributed by atoms with Crippen molar-refractivity contribution in [2.45, 2.75) is 0 Å². The van der Waals surface area contributed by atoms with E-state index in [2.05, 4.69) is 0 Å². The third-order valence-corrected chi connectivity index (χ3v) is 3.00. The van der Waals surface area contributed by atoms with Crippen LogP contribution >= 0.6 is 0 Å². The van der Waals surface area contributed by atoms with Crippen molar-refractivity contribution < 1.29 is 25.2 Å². The molecular formula is C15H12O6. The predicted molar refractivity (Wildman–Crippen MR) is 76.5 cm³/mol. The lowest BCUT2D eigenvalue weighted by Gasteiger charge is -2.06. The van der Waals surface area contributed by atoms with Crippen LogP contribution in [0.15, 0.2) is 51.7 Å². The molecule has 0 aliphatic carbocycles. The Morgan fingerprint density at radius 2 is 1.57 bits per heavy atom. The summed E-state index contributed by atoms with van der Waals surface area (Å²) in [4.78, 5) is 12.0. The standard InChI is InChI=1S/C15H10O5.H2O/c16-9-6-11(8-4-2-1-3-5-8)20-12-7-10(17)14(18)15(19)13(9)12;/h1-7,17-19H;1H2. The molecule has 21 heavy (non-hydrogen) atoms. The highest BCUT2D eigenvalue weighted by molar-refractivity contribution is 5.89. The van der Waals surface area contributed by atoms with Gasteiger partial charge in [-0.25, -0.2) is 0 Å². The van der Waals surface area contributed by atoms with Gasteiger partial charge in [0.25, 0.3) is 0 Å². The summed E-state index contributed by atoms with van der Waals surface area (Å²) >= 11 is 0. The van der Waals surface area contributed by atoms with Gasteiger partial charge in [0.1, 0.15) is 16.7 Å². The SMILES string of the molecule is O.O=c1cc(-c2ccccc2)oc2cc(O)c(O)c(O)c12. The Hall–Kier alpha value is -2.99. The van der Waals surface area contributed by atoms with Crippen molar-refractivity contribution in [1.82, 2.24) is 0 Å². The Bertz CT molecular complexity index is 851. The Morgan fingerprint density at radius 3 is 2.24 bits per heavy atom. The third-order valence-electron chi connectivity index (χ3n) is 3.00. The first-order chi connectivity index (χ1) is 9.58. The molecule has 0 saturated carbocycles. The minimum absolute atomic E-state index is 0. The van der Waals surface area contributed by atoms with Gasteiger partial charge < -0.3 is 25.2 Å².